The van der Waals surface area contributed by atoms with Gasteiger partial charge in [-0.05, 0) is 51.8 Å². The van der Waals surface area contributed by atoms with Gasteiger partial charge in [0, 0.05) is 17.0 Å². The molecule has 0 aliphatic carbocycles. The van der Waals surface area contributed by atoms with Crippen molar-refractivity contribution < 1.29 is 0 Å². The fraction of sp³-hybridized carbons (Fsp3) is 0.500. The monoisotopic (exact) mass is 285 g/mol. The Morgan fingerprint density at radius 1 is 1.10 bits per heavy atom. The lowest BCUT2D eigenvalue weighted by atomic mass is 10.0. The van der Waals surface area contributed by atoms with Crippen LogP contribution in [-0.4, -0.2) is 9.55 Å². The van der Waals surface area contributed by atoms with Gasteiger partial charge in [0.15, 0.2) is 0 Å². The number of benzene rings is 1. The topological polar surface area (TPSA) is 43.8 Å². The summed E-state index contributed by atoms with van der Waals surface area (Å²) in [6.07, 6.45) is 0. The molecule has 3 nitrogen and oxygen atoms in total. The molecule has 0 saturated heterocycles. The molecule has 1 aromatic heterocycles. The van der Waals surface area contributed by atoms with Crippen molar-refractivity contribution in [1.82, 2.24) is 9.55 Å². The molecule has 2 aromatic rings. The number of rotatable bonds is 2. The van der Waals surface area contributed by atoms with Crippen molar-refractivity contribution in [2.75, 3.05) is 5.73 Å². The summed E-state index contributed by atoms with van der Waals surface area (Å²) in [7, 11) is 0. The third kappa shape index (κ3) is 2.82. The number of imidazole rings is 1. The minimum atomic E-state index is -0.0747. The number of nitrogen functional groups attached to an aromatic ring is 1. The third-order valence-electron chi connectivity index (χ3n) is 3.91. The van der Waals surface area contributed by atoms with Gasteiger partial charge in [-0.1, -0.05) is 26.0 Å². The quantitative estimate of drug-likeness (QED) is 0.874. The second-order valence-electron chi connectivity index (χ2n) is 7.16. The highest BCUT2D eigenvalue weighted by Gasteiger charge is 2.25. The number of nitrogens with zero attached hydrogens (tertiary/aromatic N) is 2. The second kappa shape index (κ2) is 5.21. The van der Waals surface area contributed by atoms with Gasteiger partial charge in [-0.15, -0.1) is 0 Å². The molecule has 21 heavy (non-hydrogen) atoms. The van der Waals surface area contributed by atoms with Crippen molar-refractivity contribution in [2.24, 2.45) is 0 Å². The lowest BCUT2D eigenvalue weighted by molar-refractivity contribution is 0.382. The smallest absolute Gasteiger partial charge is 0.132 e. The number of anilines is 1. The van der Waals surface area contributed by atoms with Gasteiger partial charge in [-0.3, -0.25) is 0 Å². The van der Waals surface area contributed by atoms with E-state index in [9.17, 15) is 0 Å². The fourth-order valence-electron chi connectivity index (χ4n) is 2.64. The summed E-state index contributed by atoms with van der Waals surface area (Å²) in [6.45, 7) is 15.1. The van der Waals surface area contributed by atoms with Crippen molar-refractivity contribution in [1.29, 1.82) is 0 Å². The average Bonchev–Trinajstić information content (AvgIpc) is 2.70. The van der Waals surface area contributed by atoms with Crippen LogP contribution in [0.5, 0.6) is 0 Å². The standard InChI is InChI=1S/C18H27N3/c1-11(2)17-20-15(16(19)21(17)18(5,6)7)14-9-8-12(3)13(4)10-14/h8-11H,19H2,1-7H3. The Labute approximate surface area is 128 Å². The van der Waals surface area contributed by atoms with E-state index in [2.05, 4.69) is 71.2 Å². The van der Waals surface area contributed by atoms with Crippen molar-refractivity contribution in [3.05, 3.63) is 35.2 Å². The first kappa shape index (κ1) is 15.6. The highest BCUT2D eigenvalue weighted by molar-refractivity contribution is 5.72. The average molecular weight is 285 g/mol. The van der Waals surface area contributed by atoms with E-state index in [-0.39, 0.29) is 5.54 Å². The third-order valence-corrected chi connectivity index (χ3v) is 3.91. The highest BCUT2D eigenvalue weighted by atomic mass is 15.2. The molecule has 0 saturated carbocycles. The van der Waals surface area contributed by atoms with Crippen LogP contribution < -0.4 is 5.73 Å². The van der Waals surface area contributed by atoms with E-state index in [1.165, 1.54) is 11.1 Å². The van der Waals surface area contributed by atoms with Gasteiger partial charge in [0.1, 0.15) is 17.3 Å². The molecule has 0 amide bonds. The number of aryl methyl sites for hydroxylation is 2. The summed E-state index contributed by atoms with van der Waals surface area (Å²) >= 11 is 0. The first-order chi connectivity index (χ1) is 9.62. The molecule has 2 rings (SSSR count). The lowest BCUT2D eigenvalue weighted by Crippen LogP contribution is -2.26. The maximum atomic E-state index is 6.45. The van der Waals surface area contributed by atoms with Gasteiger partial charge in [-0.2, -0.15) is 0 Å². The van der Waals surface area contributed by atoms with Gasteiger partial charge >= 0.3 is 0 Å². The zero-order valence-electron chi connectivity index (χ0n) is 14.3. The Bertz CT molecular complexity index is 658. The summed E-state index contributed by atoms with van der Waals surface area (Å²) in [6, 6.07) is 6.42. The first-order valence-electron chi connectivity index (χ1n) is 7.59. The summed E-state index contributed by atoms with van der Waals surface area (Å²) < 4.78 is 2.17. The number of nitrogens with two attached hydrogens (primary N) is 1. The molecule has 0 aliphatic rings. The maximum absolute atomic E-state index is 6.45. The number of aromatic nitrogens is 2. The van der Waals surface area contributed by atoms with E-state index in [0.29, 0.717) is 5.92 Å². The molecule has 0 radical (unpaired) electrons. The Kier molecular flexibility index (Phi) is 3.87. The molecule has 0 fully saturated rings. The van der Waals surface area contributed by atoms with Crippen LogP contribution in [0.1, 0.15) is 57.5 Å². The molecule has 0 atom stereocenters. The van der Waals surface area contributed by atoms with Crippen LogP contribution in [-0.2, 0) is 5.54 Å². The van der Waals surface area contributed by atoms with Crippen LogP contribution in [0.3, 0.4) is 0 Å². The van der Waals surface area contributed by atoms with Gasteiger partial charge in [0.05, 0.1) is 0 Å². The SMILES string of the molecule is Cc1ccc(-c2nc(C(C)C)n(C(C)(C)C)c2N)cc1C. The van der Waals surface area contributed by atoms with Gasteiger partial charge < -0.3 is 10.3 Å². The fourth-order valence-corrected chi connectivity index (χ4v) is 2.64. The molecule has 0 spiro atoms. The largest absolute Gasteiger partial charge is 0.383 e. The van der Waals surface area contributed by atoms with Crippen LogP contribution in [0.15, 0.2) is 18.2 Å². The highest BCUT2D eigenvalue weighted by Crippen LogP contribution is 2.34. The molecule has 3 heteroatoms. The molecular formula is C18H27N3. The van der Waals surface area contributed by atoms with Gasteiger partial charge in [0.2, 0.25) is 0 Å². The molecule has 0 bridgehead atoms. The maximum Gasteiger partial charge on any atom is 0.132 e. The molecule has 1 heterocycles. The Balaban J connectivity index is 2.68. The van der Waals surface area contributed by atoms with Gasteiger partial charge in [-0.25, -0.2) is 4.98 Å². The van der Waals surface area contributed by atoms with E-state index in [1.54, 1.807) is 0 Å². The molecule has 114 valence electrons. The van der Waals surface area contributed by atoms with E-state index < -0.39 is 0 Å². The summed E-state index contributed by atoms with van der Waals surface area (Å²) in [5.74, 6) is 2.15. The zero-order chi connectivity index (χ0) is 15.9. The van der Waals surface area contributed by atoms with Crippen LogP contribution in [0.25, 0.3) is 11.3 Å². The summed E-state index contributed by atoms with van der Waals surface area (Å²) in [5.41, 5.74) is 10.9. The first-order valence-corrected chi connectivity index (χ1v) is 7.59. The minimum absolute atomic E-state index is 0.0747. The Hall–Kier alpha value is -1.77. The minimum Gasteiger partial charge on any atom is -0.383 e. The lowest BCUT2D eigenvalue weighted by Gasteiger charge is -2.26. The van der Waals surface area contributed by atoms with Crippen LogP contribution >= 0.6 is 0 Å². The molecular weight excluding hydrogens is 258 g/mol. The van der Waals surface area contributed by atoms with Crippen LogP contribution in [0.2, 0.25) is 0 Å². The predicted octanol–water partition coefficient (Wildman–Crippen LogP) is 4.63. The summed E-state index contributed by atoms with van der Waals surface area (Å²) in [4.78, 5) is 4.85. The molecule has 0 unspecified atom stereocenters. The second-order valence-corrected chi connectivity index (χ2v) is 7.16. The van der Waals surface area contributed by atoms with Crippen LogP contribution in [0.4, 0.5) is 5.82 Å². The molecule has 2 N–H and O–H groups in total. The van der Waals surface area contributed by atoms with E-state index in [0.717, 1.165) is 22.9 Å². The van der Waals surface area contributed by atoms with Crippen molar-refractivity contribution in [3.63, 3.8) is 0 Å². The van der Waals surface area contributed by atoms with Crippen LogP contribution in [0, 0.1) is 13.8 Å². The van der Waals surface area contributed by atoms with E-state index in [1.807, 2.05) is 0 Å². The summed E-state index contributed by atoms with van der Waals surface area (Å²) in [5, 5.41) is 0. The van der Waals surface area contributed by atoms with Gasteiger partial charge in [0.25, 0.3) is 0 Å². The predicted molar refractivity (Wildman–Crippen MR) is 90.6 cm³/mol. The zero-order valence-corrected chi connectivity index (χ0v) is 14.3. The van der Waals surface area contributed by atoms with E-state index in [4.69, 9.17) is 10.7 Å². The normalized spacial score (nSPS) is 12.2. The number of hydrogen-bond acceptors (Lipinski definition) is 2. The molecule has 1 aromatic carbocycles. The number of hydrogen-bond donors (Lipinski definition) is 1. The molecule has 0 aliphatic heterocycles. The van der Waals surface area contributed by atoms with Crippen molar-refractivity contribution >= 4 is 5.82 Å². The Morgan fingerprint density at radius 3 is 2.14 bits per heavy atom. The van der Waals surface area contributed by atoms with Crippen molar-refractivity contribution in [3.8, 4) is 11.3 Å². The van der Waals surface area contributed by atoms with E-state index >= 15 is 0 Å². The Morgan fingerprint density at radius 2 is 1.71 bits per heavy atom. The van der Waals surface area contributed by atoms with Crippen molar-refractivity contribution in [2.45, 2.75) is 59.9 Å².